The van der Waals surface area contributed by atoms with Crippen LogP contribution in [0.4, 0.5) is 0 Å². The number of aliphatic carboxylic acids is 1. The number of aryl methyl sites for hydroxylation is 1. The second-order valence-electron chi connectivity index (χ2n) is 5.18. The van der Waals surface area contributed by atoms with Gasteiger partial charge < -0.3 is 10.4 Å². The lowest BCUT2D eigenvalue weighted by atomic mass is 10.0. The minimum Gasteiger partial charge on any atom is -0.480 e. The highest BCUT2D eigenvalue weighted by molar-refractivity contribution is 5.99. The van der Waals surface area contributed by atoms with Gasteiger partial charge in [-0.25, -0.2) is 4.79 Å². The van der Waals surface area contributed by atoms with E-state index in [9.17, 15) is 9.59 Å². The Bertz CT molecular complexity index is 506. The Morgan fingerprint density at radius 1 is 1.28 bits per heavy atom. The van der Waals surface area contributed by atoms with E-state index in [-0.39, 0.29) is 5.91 Å². The molecule has 0 atom stereocenters. The minimum atomic E-state index is -1.25. The van der Waals surface area contributed by atoms with Crippen molar-refractivity contribution >= 4 is 11.9 Å². The molecule has 0 spiro atoms. The number of hydrogen-bond acceptors (Lipinski definition) is 2. The van der Waals surface area contributed by atoms with Crippen molar-refractivity contribution in [2.24, 2.45) is 0 Å². The third-order valence-corrected chi connectivity index (χ3v) is 3.35. The summed E-state index contributed by atoms with van der Waals surface area (Å²) in [7, 11) is 0. The van der Waals surface area contributed by atoms with Crippen molar-refractivity contribution in [3.63, 3.8) is 0 Å². The number of benzene rings is 1. The highest BCUT2D eigenvalue weighted by atomic mass is 16.4. The first kappa shape index (κ1) is 12.6. The van der Waals surface area contributed by atoms with Crippen LogP contribution in [0.5, 0.6) is 0 Å². The van der Waals surface area contributed by atoms with Gasteiger partial charge in [0.05, 0.1) is 0 Å². The summed E-state index contributed by atoms with van der Waals surface area (Å²) >= 11 is 0. The number of nitrogens with one attached hydrogen (secondary N) is 1. The van der Waals surface area contributed by atoms with Crippen LogP contribution in [0, 0.1) is 0 Å². The summed E-state index contributed by atoms with van der Waals surface area (Å²) < 4.78 is 0. The average Bonchev–Trinajstić information content (AvgIpc) is 2.75. The zero-order chi connectivity index (χ0) is 13.3. The number of carbonyl (C=O) groups excluding carboxylic acids is 1. The molecule has 0 radical (unpaired) electrons. The number of carboxylic acid groups (broad SMARTS) is 1. The molecule has 0 saturated heterocycles. The van der Waals surface area contributed by atoms with Crippen LogP contribution in [0.25, 0.3) is 0 Å². The topological polar surface area (TPSA) is 66.4 Å². The smallest absolute Gasteiger partial charge is 0.328 e. The summed E-state index contributed by atoms with van der Waals surface area (Å²) in [5, 5.41) is 11.6. The van der Waals surface area contributed by atoms with Crippen molar-refractivity contribution in [1.29, 1.82) is 0 Å². The molecule has 0 aliphatic heterocycles. The average molecular weight is 247 g/mol. The van der Waals surface area contributed by atoms with Gasteiger partial charge in [0, 0.05) is 5.56 Å². The molecule has 4 heteroatoms. The summed E-state index contributed by atoms with van der Waals surface area (Å²) in [6.07, 6.45) is 2.95. The third-order valence-electron chi connectivity index (χ3n) is 3.35. The molecule has 0 saturated carbocycles. The van der Waals surface area contributed by atoms with Crippen LogP contribution in [0.15, 0.2) is 18.2 Å². The lowest BCUT2D eigenvalue weighted by Crippen LogP contribution is -2.49. The van der Waals surface area contributed by atoms with Crippen molar-refractivity contribution in [3.05, 3.63) is 34.9 Å². The van der Waals surface area contributed by atoms with Gasteiger partial charge in [0.1, 0.15) is 5.54 Å². The van der Waals surface area contributed by atoms with E-state index < -0.39 is 11.5 Å². The van der Waals surface area contributed by atoms with E-state index in [0.29, 0.717) is 5.56 Å². The molecular weight excluding hydrogens is 230 g/mol. The molecule has 1 aliphatic carbocycles. The number of carboxylic acids is 1. The summed E-state index contributed by atoms with van der Waals surface area (Å²) in [4.78, 5) is 23.2. The molecule has 4 nitrogen and oxygen atoms in total. The molecule has 0 bridgehead atoms. The first-order valence-electron chi connectivity index (χ1n) is 6.08. The Labute approximate surface area is 106 Å². The number of hydrogen-bond donors (Lipinski definition) is 2. The molecule has 0 unspecified atom stereocenters. The first-order valence-corrected chi connectivity index (χ1v) is 6.08. The first-order chi connectivity index (χ1) is 8.42. The van der Waals surface area contributed by atoms with Crippen LogP contribution in [0.3, 0.4) is 0 Å². The van der Waals surface area contributed by atoms with Crippen molar-refractivity contribution in [1.82, 2.24) is 5.32 Å². The van der Waals surface area contributed by atoms with Crippen molar-refractivity contribution in [2.45, 2.75) is 38.6 Å². The fourth-order valence-electron chi connectivity index (χ4n) is 2.24. The van der Waals surface area contributed by atoms with E-state index >= 15 is 0 Å². The van der Waals surface area contributed by atoms with E-state index in [1.165, 1.54) is 19.4 Å². The third kappa shape index (κ3) is 2.23. The van der Waals surface area contributed by atoms with Crippen LogP contribution in [-0.2, 0) is 17.6 Å². The molecule has 1 aromatic carbocycles. The zero-order valence-electron chi connectivity index (χ0n) is 10.6. The van der Waals surface area contributed by atoms with E-state index in [4.69, 9.17) is 5.11 Å². The molecule has 0 heterocycles. The fourth-order valence-corrected chi connectivity index (χ4v) is 2.24. The van der Waals surface area contributed by atoms with Gasteiger partial charge in [-0.15, -0.1) is 0 Å². The van der Waals surface area contributed by atoms with Gasteiger partial charge in [-0.2, -0.15) is 0 Å². The van der Waals surface area contributed by atoms with Gasteiger partial charge in [0.2, 0.25) is 0 Å². The second-order valence-corrected chi connectivity index (χ2v) is 5.18. The Balaban J connectivity index is 2.26. The minimum absolute atomic E-state index is 0.304. The maximum Gasteiger partial charge on any atom is 0.328 e. The van der Waals surface area contributed by atoms with Gasteiger partial charge in [0.15, 0.2) is 0 Å². The maximum atomic E-state index is 12.2. The predicted molar refractivity (Wildman–Crippen MR) is 67.6 cm³/mol. The van der Waals surface area contributed by atoms with E-state index in [1.807, 2.05) is 12.1 Å². The quantitative estimate of drug-likeness (QED) is 0.855. The Kier molecular flexibility index (Phi) is 3.11. The van der Waals surface area contributed by atoms with Crippen LogP contribution in [0.1, 0.15) is 41.8 Å². The molecule has 2 N–H and O–H groups in total. The largest absolute Gasteiger partial charge is 0.480 e. The Hall–Kier alpha value is -1.84. The monoisotopic (exact) mass is 247 g/mol. The molecule has 0 fully saturated rings. The summed E-state index contributed by atoms with van der Waals surface area (Å²) in [5.74, 6) is -1.34. The maximum absolute atomic E-state index is 12.2. The van der Waals surface area contributed by atoms with Crippen LogP contribution in [-0.4, -0.2) is 22.5 Å². The number of rotatable bonds is 3. The standard InChI is InChI=1S/C14H17NO3/c1-14(2,13(17)18)15-12(16)11-8-4-6-9-5-3-7-10(9)11/h4,6,8H,3,5,7H2,1-2H3,(H,15,16)(H,17,18). The lowest BCUT2D eigenvalue weighted by Gasteiger charge is -2.21. The molecule has 1 aromatic rings. The van der Waals surface area contributed by atoms with Gasteiger partial charge in [0.25, 0.3) is 5.91 Å². The van der Waals surface area contributed by atoms with Gasteiger partial charge in [-0.05, 0) is 50.3 Å². The van der Waals surface area contributed by atoms with Crippen LogP contribution < -0.4 is 5.32 Å². The fraction of sp³-hybridized carbons (Fsp3) is 0.429. The summed E-state index contributed by atoms with van der Waals surface area (Å²) in [6, 6.07) is 5.64. The van der Waals surface area contributed by atoms with Gasteiger partial charge in [-0.1, -0.05) is 12.1 Å². The van der Waals surface area contributed by atoms with E-state index in [2.05, 4.69) is 5.32 Å². The SMILES string of the molecule is CC(C)(NC(=O)c1cccc2c1CCC2)C(=O)O. The van der Waals surface area contributed by atoms with Crippen molar-refractivity contribution < 1.29 is 14.7 Å². The van der Waals surface area contributed by atoms with Gasteiger partial charge >= 0.3 is 5.97 Å². The highest BCUT2D eigenvalue weighted by Gasteiger charge is 2.30. The van der Waals surface area contributed by atoms with Crippen LogP contribution >= 0.6 is 0 Å². The highest BCUT2D eigenvalue weighted by Crippen LogP contribution is 2.25. The molecule has 1 amide bonds. The van der Waals surface area contributed by atoms with Gasteiger partial charge in [-0.3, -0.25) is 4.79 Å². The van der Waals surface area contributed by atoms with E-state index in [1.54, 1.807) is 6.07 Å². The molecular formula is C14H17NO3. The van der Waals surface area contributed by atoms with Crippen LogP contribution in [0.2, 0.25) is 0 Å². The summed E-state index contributed by atoms with van der Waals surface area (Å²) in [6.45, 7) is 2.97. The molecule has 18 heavy (non-hydrogen) atoms. The number of carbonyl (C=O) groups is 2. The molecule has 2 rings (SSSR count). The Morgan fingerprint density at radius 2 is 2.00 bits per heavy atom. The predicted octanol–water partition coefficient (Wildman–Crippen LogP) is 1.77. The number of fused-ring (bicyclic) bond motifs is 1. The van der Waals surface area contributed by atoms with E-state index in [0.717, 1.165) is 24.8 Å². The molecule has 0 aromatic heterocycles. The zero-order valence-corrected chi connectivity index (χ0v) is 10.6. The summed E-state index contributed by atoms with van der Waals surface area (Å²) in [5.41, 5.74) is 1.63. The number of amides is 1. The normalized spacial score (nSPS) is 14.1. The lowest BCUT2D eigenvalue weighted by molar-refractivity contribution is -0.143. The molecule has 1 aliphatic rings. The Morgan fingerprint density at radius 3 is 2.67 bits per heavy atom. The second kappa shape index (κ2) is 4.44. The molecule has 96 valence electrons. The van der Waals surface area contributed by atoms with Crippen molar-refractivity contribution in [3.8, 4) is 0 Å². The van der Waals surface area contributed by atoms with Crippen molar-refractivity contribution in [2.75, 3.05) is 0 Å².